The molecule has 0 aliphatic carbocycles. The summed E-state index contributed by atoms with van der Waals surface area (Å²) in [6.07, 6.45) is 5.03. The van der Waals surface area contributed by atoms with Gasteiger partial charge in [0.25, 0.3) is 0 Å². The van der Waals surface area contributed by atoms with E-state index < -0.39 is 11.7 Å². The molecule has 0 rings (SSSR count). The molecule has 2 nitrogen and oxygen atoms in total. The largest absolute Gasteiger partial charge is 0.390 e. The van der Waals surface area contributed by atoms with Gasteiger partial charge in [-0.05, 0) is 53.4 Å². The van der Waals surface area contributed by atoms with E-state index in [1.165, 1.54) is 5.57 Å². The normalized spacial score (nSPS) is 15.0. The predicted octanol–water partition coefficient (Wildman–Crippen LogP) is 3.20. The molecule has 1 atom stereocenters. The fourth-order valence-corrected chi connectivity index (χ4v) is 1.38. The summed E-state index contributed by atoms with van der Waals surface area (Å²) in [4.78, 5) is 0. The van der Waals surface area contributed by atoms with Crippen molar-refractivity contribution in [2.45, 2.75) is 65.1 Å². The number of hydrogen-bond donors (Lipinski definition) is 2. The van der Waals surface area contributed by atoms with E-state index >= 15 is 0 Å². The first-order chi connectivity index (χ1) is 7.22. The van der Waals surface area contributed by atoms with Gasteiger partial charge in [-0.3, -0.25) is 0 Å². The van der Waals surface area contributed by atoms with E-state index in [0.29, 0.717) is 0 Å². The Balaban J connectivity index is 3.84. The summed E-state index contributed by atoms with van der Waals surface area (Å²) in [6.45, 7) is 11.3. The van der Waals surface area contributed by atoms with E-state index in [9.17, 15) is 10.2 Å². The summed E-state index contributed by atoms with van der Waals surface area (Å²) < 4.78 is 0. The summed E-state index contributed by atoms with van der Waals surface area (Å²) in [7, 11) is 0. The number of allylic oxidation sites excluding steroid dienone is 2. The van der Waals surface area contributed by atoms with Gasteiger partial charge in [-0.2, -0.15) is 0 Å². The topological polar surface area (TPSA) is 40.5 Å². The second-order valence-electron chi connectivity index (χ2n) is 5.30. The van der Waals surface area contributed by atoms with Crippen molar-refractivity contribution in [3.63, 3.8) is 0 Å². The van der Waals surface area contributed by atoms with Gasteiger partial charge in [0.2, 0.25) is 0 Å². The third-order valence-corrected chi connectivity index (χ3v) is 2.63. The summed E-state index contributed by atoms with van der Waals surface area (Å²) >= 11 is 0. The van der Waals surface area contributed by atoms with Gasteiger partial charge >= 0.3 is 0 Å². The Bertz CT molecular complexity index is 246. The molecule has 0 aliphatic rings. The average Bonchev–Trinajstić information content (AvgIpc) is 2.11. The lowest BCUT2D eigenvalue weighted by Gasteiger charge is -2.15. The zero-order valence-electron chi connectivity index (χ0n) is 11.1. The van der Waals surface area contributed by atoms with Gasteiger partial charge in [-0.1, -0.05) is 23.8 Å². The van der Waals surface area contributed by atoms with Crippen molar-refractivity contribution >= 4 is 0 Å². The molecular formula is C14H26O2. The monoisotopic (exact) mass is 226 g/mol. The molecule has 0 saturated heterocycles. The van der Waals surface area contributed by atoms with Crippen LogP contribution in [0.15, 0.2) is 23.8 Å². The second-order valence-corrected chi connectivity index (χ2v) is 5.30. The Morgan fingerprint density at radius 1 is 1.38 bits per heavy atom. The Morgan fingerprint density at radius 3 is 2.38 bits per heavy atom. The first-order valence-electron chi connectivity index (χ1n) is 5.94. The van der Waals surface area contributed by atoms with Gasteiger partial charge in [0, 0.05) is 0 Å². The highest BCUT2D eigenvalue weighted by molar-refractivity contribution is 5.02. The Labute approximate surface area is 99.7 Å². The van der Waals surface area contributed by atoms with Crippen LogP contribution in [0.3, 0.4) is 0 Å². The van der Waals surface area contributed by atoms with Gasteiger partial charge in [-0.15, -0.1) is 0 Å². The number of aliphatic hydroxyl groups excluding tert-OH is 1. The fraction of sp³-hybridized carbons (Fsp3) is 0.714. The molecule has 0 spiro atoms. The van der Waals surface area contributed by atoms with E-state index in [4.69, 9.17) is 0 Å². The molecule has 16 heavy (non-hydrogen) atoms. The molecular weight excluding hydrogens is 200 g/mol. The van der Waals surface area contributed by atoms with E-state index in [2.05, 4.69) is 19.6 Å². The Kier molecular flexibility index (Phi) is 6.61. The first-order valence-corrected chi connectivity index (χ1v) is 5.94. The molecule has 0 aromatic carbocycles. The lowest BCUT2D eigenvalue weighted by atomic mass is 10.00. The molecule has 0 amide bonds. The van der Waals surface area contributed by atoms with Crippen molar-refractivity contribution in [1.82, 2.24) is 0 Å². The molecule has 2 N–H and O–H groups in total. The van der Waals surface area contributed by atoms with Crippen LogP contribution in [-0.2, 0) is 0 Å². The number of aliphatic hydroxyl groups is 2. The highest BCUT2D eigenvalue weighted by Gasteiger charge is 2.10. The SMILES string of the molecule is C=C(C)C(O)CC/C(C)=C/CCC(C)(C)O. The van der Waals surface area contributed by atoms with Crippen molar-refractivity contribution in [2.75, 3.05) is 0 Å². The van der Waals surface area contributed by atoms with Crippen molar-refractivity contribution in [3.05, 3.63) is 23.8 Å². The molecule has 0 bridgehead atoms. The van der Waals surface area contributed by atoms with Crippen LogP contribution in [0.4, 0.5) is 0 Å². The second kappa shape index (κ2) is 6.87. The summed E-state index contributed by atoms with van der Waals surface area (Å²) in [5.74, 6) is 0. The maximum atomic E-state index is 9.56. The minimum Gasteiger partial charge on any atom is -0.390 e. The van der Waals surface area contributed by atoms with E-state index in [1.807, 2.05) is 20.8 Å². The third kappa shape index (κ3) is 8.69. The van der Waals surface area contributed by atoms with Gasteiger partial charge in [-0.25, -0.2) is 0 Å². The predicted molar refractivity (Wildman–Crippen MR) is 69.3 cm³/mol. The highest BCUT2D eigenvalue weighted by atomic mass is 16.3. The highest BCUT2D eigenvalue weighted by Crippen LogP contribution is 2.15. The molecule has 0 fully saturated rings. The lowest BCUT2D eigenvalue weighted by Crippen LogP contribution is -2.17. The molecule has 0 heterocycles. The quantitative estimate of drug-likeness (QED) is 0.654. The standard InChI is InChI=1S/C14H26O2/c1-11(2)13(15)9-8-12(3)7-6-10-14(4,5)16/h7,13,15-16H,1,6,8-10H2,2-5H3/b12-7+. The van der Waals surface area contributed by atoms with Crippen LogP contribution >= 0.6 is 0 Å². The van der Waals surface area contributed by atoms with E-state index in [1.54, 1.807) is 0 Å². The molecule has 1 unspecified atom stereocenters. The van der Waals surface area contributed by atoms with Gasteiger partial charge in [0.15, 0.2) is 0 Å². The molecule has 0 aromatic heterocycles. The summed E-state index contributed by atoms with van der Waals surface area (Å²) in [6, 6.07) is 0. The molecule has 94 valence electrons. The van der Waals surface area contributed by atoms with Gasteiger partial charge < -0.3 is 10.2 Å². The molecule has 0 saturated carbocycles. The van der Waals surface area contributed by atoms with Crippen molar-refractivity contribution < 1.29 is 10.2 Å². The minimum atomic E-state index is -0.589. The maximum Gasteiger partial charge on any atom is 0.0747 e. The minimum absolute atomic E-state index is 0.391. The zero-order chi connectivity index (χ0) is 12.8. The number of hydrogen-bond acceptors (Lipinski definition) is 2. The Morgan fingerprint density at radius 2 is 1.94 bits per heavy atom. The van der Waals surface area contributed by atoms with E-state index in [-0.39, 0.29) is 0 Å². The molecule has 0 aliphatic heterocycles. The summed E-state index contributed by atoms with van der Waals surface area (Å²) in [5, 5.41) is 19.1. The Hall–Kier alpha value is -0.600. The van der Waals surface area contributed by atoms with Crippen LogP contribution in [0.1, 0.15) is 53.4 Å². The van der Waals surface area contributed by atoms with Crippen LogP contribution in [0, 0.1) is 0 Å². The van der Waals surface area contributed by atoms with Crippen molar-refractivity contribution in [3.8, 4) is 0 Å². The fourth-order valence-electron chi connectivity index (χ4n) is 1.38. The van der Waals surface area contributed by atoms with E-state index in [0.717, 1.165) is 31.3 Å². The molecule has 2 heteroatoms. The average molecular weight is 226 g/mol. The van der Waals surface area contributed by atoms with Crippen LogP contribution < -0.4 is 0 Å². The van der Waals surface area contributed by atoms with Gasteiger partial charge in [0.05, 0.1) is 11.7 Å². The third-order valence-electron chi connectivity index (χ3n) is 2.63. The zero-order valence-corrected chi connectivity index (χ0v) is 11.1. The smallest absolute Gasteiger partial charge is 0.0747 e. The lowest BCUT2D eigenvalue weighted by molar-refractivity contribution is 0.0721. The van der Waals surface area contributed by atoms with Gasteiger partial charge in [0.1, 0.15) is 0 Å². The number of rotatable bonds is 7. The van der Waals surface area contributed by atoms with Crippen molar-refractivity contribution in [1.29, 1.82) is 0 Å². The first kappa shape index (κ1) is 15.4. The van der Waals surface area contributed by atoms with Crippen LogP contribution in [-0.4, -0.2) is 21.9 Å². The van der Waals surface area contributed by atoms with Crippen LogP contribution in [0.2, 0.25) is 0 Å². The maximum absolute atomic E-state index is 9.56. The van der Waals surface area contributed by atoms with Crippen LogP contribution in [0.5, 0.6) is 0 Å². The van der Waals surface area contributed by atoms with Crippen LogP contribution in [0.25, 0.3) is 0 Å². The van der Waals surface area contributed by atoms with Crippen molar-refractivity contribution in [2.24, 2.45) is 0 Å². The summed E-state index contributed by atoms with van der Waals surface area (Å²) in [5.41, 5.74) is 1.50. The molecule has 0 aromatic rings. The molecule has 0 radical (unpaired) electrons.